The molecule has 0 aliphatic heterocycles. The van der Waals surface area contributed by atoms with Crippen LogP contribution in [0.25, 0.3) is 11.0 Å². The summed E-state index contributed by atoms with van der Waals surface area (Å²) in [6.07, 6.45) is -1.90. The number of carbonyl (C=O) groups excluding carboxylic acids is 2. The number of nitrogens with one attached hydrogen (secondary N) is 3. The highest BCUT2D eigenvalue weighted by Crippen LogP contribution is 2.30. The van der Waals surface area contributed by atoms with Gasteiger partial charge in [-0.2, -0.15) is 13.2 Å². The minimum atomic E-state index is -4.60. The van der Waals surface area contributed by atoms with Gasteiger partial charge in [0.1, 0.15) is 12.1 Å². The van der Waals surface area contributed by atoms with Crippen LogP contribution in [0, 0.1) is 6.92 Å². The molecule has 0 saturated carbocycles. The van der Waals surface area contributed by atoms with E-state index in [4.69, 9.17) is 5.14 Å². The predicted octanol–water partition coefficient (Wildman–Crippen LogP) is 5.48. The van der Waals surface area contributed by atoms with E-state index < -0.39 is 33.7 Å². The molecule has 15 heteroatoms. The summed E-state index contributed by atoms with van der Waals surface area (Å²) in [5.74, 6) is -0.450. The van der Waals surface area contributed by atoms with Crippen LogP contribution < -0.4 is 21.1 Å². The molecule has 2 amide bonds. The van der Waals surface area contributed by atoms with E-state index in [2.05, 4.69) is 25.9 Å². The number of sulfonamides is 1. The maximum absolute atomic E-state index is 13.2. The van der Waals surface area contributed by atoms with Crippen molar-refractivity contribution in [3.63, 3.8) is 0 Å². The van der Waals surface area contributed by atoms with Crippen molar-refractivity contribution in [2.24, 2.45) is 5.14 Å². The second-order valence-electron chi connectivity index (χ2n) is 9.34. The number of aryl methyl sites for hydroxylation is 1. The van der Waals surface area contributed by atoms with Gasteiger partial charge in [0.05, 0.1) is 15.8 Å². The third kappa shape index (κ3) is 6.47. The maximum Gasteiger partial charge on any atom is 0.416 e. The average Bonchev–Trinajstić information content (AvgIpc) is 3.40. The number of rotatable bonds is 6. The van der Waals surface area contributed by atoms with E-state index in [9.17, 15) is 31.2 Å². The number of hydrogen-bond acceptors (Lipinski definition) is 7. The van der Waals surface area contributed by atoms with Gasteiger partial charge in [0, 0.05) is 28.8 Å². The van der Waals surface area contributed by atoms with E-state index in [0.717, 1.165) is 18.2 Å². The number of anilines is 4. The topological polar surface area (TPSA) is 161 Å². The Hall–Kier alpha value is -5.28. The Labute approximate surface area is 242 Å². The molecule has 0 fully saturated rings. The average molecular weight is 610 g/mol. The molecule has 0 unspecified atom stereocenters. The van der Waals surface area contributed by atoms with Crippen molar-refractivity contribution in [3.05, 3.63) is 102 Å². The summed E-state index contributed by atoms with van der Waals surface area (Å²) in [6, 6.07) is 15.5. The van der Waals surface area contributed by atoms with E-state index in [1.165, 1.54) is 47.4 Å². The molecule has 220 valence electrons. The van der Waals surface area contributed by atoms with E-state index in [1.807, 2.05) is 0 Å². The van der Waals surface area contributed by atoms with E-state index >= 15 is 0 Å². The Kier molecular flexibility index (Phi) is 7.60. The van der Waals surface area contributed by atoms with Gasteiger partial charge in [0.2, 0.25) is 10.0 Å². The second-order valence-corrected chi connectivity index (χ2v) is 10.9. The standard InChI is InChI=1S/C28H22F3N7O4S/c1-16-8-9-20(36-26(39)17-4-2-5-18(12-17)28(29,30)31)14-23(16)37-27(40)38-11-10-22-24(33-15-34-25(22)38)35-19-6-3-7-21(13-19)43(32,41)42/h2-15H,1H3,(H,36,39)(H,37,40)(H2,32,41,42)(H,33,34,35). The lowest BCUT2D eigenvalue weighted by Gasteiger charge is -2.13. The molecule has 0 bridgehead atoms. The predicted molar refractivity (Wildman–Crippen MR) is 154 cm³/mol. The summed E-state index contributed by atoms with van der Waals surface area (Å²) in [5.41, 5.74) is 0.730. The number of amides is 2. The quantitative estimate of drug-likeness (QED) is 0.198. The Morgan fingerprint density at radius 2 is 1.67 bits per heavy atom. The summed E-state index contributed by atoms with van der Waals surface area (Å²) in [5, 5.41) is 14.0. The fourth-order valence-corrected chi connectivity index (χ4v) is 4.71. The lowest BCUT2D eigenvalue weighted by Crippen LogP contribution is -2.20. The monoisotopic (exact) mass is 609 g/mol. The van der Waals surface area contributed by atoms with Gasteiger partial charge in [-0.25, -0.2) is 28.3 Å². The van der Waals surface area contributed by atoms with Gasteiger partial charge in [-0.15, -0.1) is 0 Å². The molecule has 0 aliphatic rings. The van der Waals surface area contributed by atoms with Gasteiger partial charge in [0.25, 0.3) is 5.91 Å². The van der Waals surface area contributed by atoms with Gasteiger partial charge < -0.3 is 16.0 Å². The largest absolute Gasteiger partial charge is 0.416 e. The van der Waals surface area contributed by atoms with Crippen molar-refractivity contribution in [2.45, 2.75) is 18.0 Å². The van der Waals surface area contributed by atoms with Gasteiger partial charge in [-0.1, -0.05) is 18.2 Å². The summed E-state index contributed by atoms with van der Waals surface area (Å²) in [4.78, 5) is 34.2. The fourth-order valence-electron chi connectivity index (χ4n) is 4.15. The highest BCUT2D eigenvalue weighted by Gasteiger charge is 2.31. The number of benzene rings is 3. The molecule has 0 atom stereocenters. The smallest absolute Gasteiger partial charge is 0.340 e. The Bertz CT molecular complexity index is 1990. The third-order valence-electron chi connectivity index (χ3n) is 6.31. The normalized spacial score (nSPS) is 11.7. The Balaban J connectivity index is 1.35. The molecule has 2 heterocycles. The molecule has 5 aromatic rings. The van der Waals surface area contributed by atoms with Crippen LogP contribution in [-0.4, -0.2) is 34.9 Å². The van der Waals surface area contributed by atoms with Crippen molar-refractivity contribution in [1.29, 1.82) is 0 Å². The number of fused-ring (bicyclic) bond motifs is 1. The molecule has 5 rings (SSSR count). The van der Waals surface area contributed by atoms with Crippen LogP contribution >= 0.6 is 0 Å². The maximum atomic E-state index is 13.2. The molecular formula is C28H22F3N7O4S. The van der Waals surface area contributed by atoms with Crippen LogP contribution in [-0.2, 0) is 16.2 Å². The van der Waals surface area contributed by atoms with E-state index in [0.29, 0.717) is 28.1 Å². The van der Waals surface area contributed by atoms with Crippen molar-refractivity contribution in [3.8, 4) is 0 Å². The van der Waals surface area contributed by atoms with Crippen molar-refractivity contribution < 1.29 is 31.2 Å². The molecule has 5 N–H and O–H groups in total. The van der Waals surface area contributed by atoms with Gasteiger partial charge in [-0.05, 0) is 67.1 Å². The molecule has 0 aliphatic carbocycles. The Morgan fingerprint density at radius 1 is 0.907 bits per heavy atom. The summed E-state index contributed by atoms with van der Waals surface area (Å²) in [6.45, 7) is 1.72. The second kappa shape index (κ2) is 11.2. The van der Waals surface area contributed by atoms with Crippen LogP contribution in [0.4, 0.5) is 40.8 Å². The molecule has 3 aromatic carbocycles. The highest BCUT2D eigenvalue weighted by atomic mass is 32.2. The van der Waals surface area contributed by atoms with Gasteiger partial charge in [-0.3, -0.25) is 9.36 Å². The molecular weight excluding hydrogens is 587 g/mol. The first-order chi connectivity index (χ1) is 20.3. The number of aromatic nitrogens is 3. The number of halogens is 3. The number of alkyl halides is 3. The minimum Gasteiger partial charge on any atom is -0.340 e. The molecule has 11 nitrogen and oxygen atoms in total. The SMILES string of the molecule is Cc1ccc(NC(=O)c2cccc(C(F)(F)F)c2)cc1NC(=O)n1ccc2c(Nc3cccc(S(N)(=O)=O)c3)ncnc21. The van der Waals surface area contributed by atoms with Crippen molar-refractivity contribution >= 4 is 55.9 Å². The van der Waals surface area contributed by atoms with Crippen molar-refractivity contribution in [1.82, 2.24) is 14.5 Å². The van der Waals surface area contributed by atoms with Crippen molar-refractivity contribution in [2.75, 3.05) is 16.0 Å². The number of primary sulfonamides is 1. The first kappa shape index (κ1) is 29.2. The van der Waals surface area contributed by atoms with Crippen LogP contribution in [0.15, 0.2) is 90.2 Å². The van der Waals surface area contributed by atoms with Crippen LogP contribution in [0.1, 0.15) is 21.5 Å². The van der Waals surface area contributed by atoms with Crippen LogP contribution in [0.3, 0.4) is 0 Å². The zero-order valence-electron chi connectivity index (χ0n) is 22.2. The van der Waals surface area contributed by atoms with Crippen LogP contribution in [0.2, 0.25) is 0 Å². The molecule has 0 radical (unpaired) electrons. The van der Waals surface area contributed by atoms with Gasteiger partial charge >= 0.3 is 12.2 Å². The fraction of sp³-hybridized carbons (Fsp3) is 0.0714. The summed E-state index contributed by atoms with van der Waals surface area (Å²) < 4.78 is 63.8. The summed E-state index contributed by atoms with van der Waals surface area (Å²) in [7, 11) is -3.93. The van der Waals surface area contributed by atoms with Gasteiger partial charge in [0.15, 0.2) is 5.65 Å². The molecule has 0 spiro atoms. The van der Waals surface area contributed by atoms with E-state index in [-0.39, 0.29) is 21.8 Å². The summed E-state index contributed by atoms with van der Waals surface area (Å²) >= 11 is 0. The number of hydrogen-bond donors (Lipinski definition) is 4. The molecule has 43 heavy (non-hydrogen) atoms. The third-order valence-corrected chi connectivity index (χ3v) is 7.23. The molecule has 0 saturated heterocycles. The lowest BCUT2D eigenvalue weighted by molar-refractivity contribution is -0.137. The van der Waals surface area contributed by atoms with Crippen LogP contribution in [0.5, 0.6) is 0 Å². The van der Waals surface area contributed by atoms with E-state index in [1.54, 1.807) is 31.2 Å². The molecule has 2 aromatic heterocycles. The first-order valence-corrected chi connectivity index (χ1v) is 14.0. The number of nitrogens with two attached hydrogens (primary N) is 1. The zero-order valence-corrected chi connectivity index (χ0v) is 23.0. The highest BCUT2D eigenvalue weighted by molar-refractivity contribution is 7.89. The first-order valence-electron chi connectivity index (χ1n) is 12.4. The Morgan fingerprint density at radius 3 is 2.42 bits per heavy atom. The number of carbonyl (C=O) groups is 2. The lowest BCUT2D eigenvalue weighted by atomic mass is 10.1. The number of nitrogens with zero attached hydrogens (tertiary/aromatic N) is 3. The zero-order chi connectivity index (χ0) is 30.9. The minimum absolute atomic E-state index is 0.0941.